The van der Waals surface area contributed by atoms with E-state index in [4.69, 9.17) is 10.5 Å². The van der Waals surface area contributed by atoms with Crippen LogP contribution in [0.15, 0.2) is 24.3 Å². The van der Waals surface area contributed by atoms with Crippen molar-refractivity contribution >= 4 is 11.6 Å². The Bertz CT molecular complexity index is 392. The van der Waals surface area contributed by atoms with Gasteiger partial charge in [0.2, 0.25) is 5.91 Å². The molecule has 0 radical (unpaired) electrons. The molecule has 0 unspecified atom stereocenters. The molecule has 1 aliphatic rings. The number of anilines is 1. The van der Waals surface area contributed by atoms with Crippen LogP contribution in [-0.4, -0.2) is 43.6 Å². The Labute approximate surface area is 107 Å². The molecule has 1 heterocycles. The van der Waals surface area contributed by atoms with Gasteiger partial charge in [-0.1, -0.05) is 0 Å². The number of hydrogen-bond donors (Lipinski definition) is 2. The van der Waals surface area contributed by atoms with Gasteiger partial charge in [0.25, 0.3) is 0 Å². The standard InChI is InChI=1S/C13H19N3O2/c14-11-1-3-12(4-2-11)18-10-9-16-7-5-13(17)15-6-8-16/h1-4H,5-10,14H2,(H,15,17). The number of amides is 1. The molecule has 3 N–H and O–H groups in total. The Morgan fingerprint density at radius 1 is 1.28 bits per heavy atom. The van der Waals surface area contributed by atoms with Crippen molar-refractivity contribution in [1.29, 1.82) is 0 Å². The zero-order valence-electron chi connectivity index (χ0n) is 10.4. The second-order valence-electron chi connectivity index (χ2n) is 4.36. The van der Waals surface area contributed by atoms with Crippen molar-refractivity contribution in [2.45, 2.75) is 6.42 Å². The van der Waals surface area contributed by atoms with Gasteiger partial charge >= 0.3 is 0 Å². The van der Waals surface area contributed by atoms with Gasteiger partial charge in [-0.05, 0) is 24.3 Å². The minimum atomic E-state index is 0.136. The van der Waals surface area contributed by atoms with Crippen molar-refractivity contribution in [3.63, 3.8) is 0 Å². The van der Waals surface area contributed by atoms with Crippen LogP contribution < -0.4 is 15.8 Å². The normalized spacial score (nSPS) is 17.0. The third-order valence-corrected chi connectivity index (χ3v) is 2.96. The minimum Gasteiger partial charge on any atom is -0.492 e. The Kier molecular flexibility index (Phi) is 4.41. The maximum absolute atomic E-state index is 11.2. The summed E-state index contributed by atoms with van der Waals surface area (Å²) in [6.45, 7) is 3.87. The fraction of sp³-hybridized carbons (Fsp3) is 0.462. The van der Waals surface area contributed by atoms with Crippen LogP contribution in [0.2, 0.25) is 0 Å². The predicted molar refractivity (Wildman–Crippen MR) is 70.4 cm³/mol. The summed E-state index contributed by atoms with van der Waals surface area (Å²) in [7, 11) is 0. The molecule has 0 aliphatic carbocycles. The van der Waals surface area contributed by atoms with Crippen molar-refractivity contribution in [2.24, 2.45) is 0 Å². The van der Waals surface area contributed by atoms with Gasteiger partial charge in [0.1, 0.15) is 12.4 Å². The lowest BCUT2D eigenvalue weighted by molar-refractivity contribution is -0.120. The molecule has 1 saturated heterocycles. The highest BCUT2D eigenvalue weighted by Crippen LogP contribution is 2.12. The largest absolute Gasteiger partial charge is 0.492 e. The highest BCUT2D eigenvalue weighted by molar-refractivity contribution is 5.76. The summed E-state index contributed by atoms with van der Waals surface area (Å²) in [6, 6.07) is 7.37. The summed E-state index contributed by atoms with van der Waals surface area (Å²) < 4.78 is 5.63. The van der Waals surface area contributed by atoms with Crippen LogP contribution in [0.1, 0.15) is 6.42 Å². The smallest absolute Gasteiger partial charge is 0.221 e. The van der Waals surface area contributed by atoms with E-state index in [1.165, 1.54) is 0 Å². The quantitative estimate of drug-likeness (QED) is 0.761. The second kappa shape index (κ2) is 6.26. The van der Waals surface area contributed by atoms with Crippen LogP contribution in [0, 0.1) is 0 Å². The molecule has 0 aromatic heterocycles. The van der Waals surface area contributed by atoms with Gasteiger partial charge in [0, 0.05) is 38.3 Å². The van der Waals surface area contributed by atoms with Gasteiger partial charge in [-0.15, -0.1) is 0 Å². The van der Waals surface area contributed by atoms with Gasteiger partial charge in [-0.3, -0.25) is 9.69 Å². The first-order valence-electron chi connectivity index (χ1n) is 6.21. The molecule has 1 aliphatic heterocycles. The Hall–Kier alpha value is -1.75. The number of nitrogen functional groups attached to an aromatic ring is 1. The molecule has 18 heavy (non-hydrogen) atoms. The van der Waals surface area contributed by atoms with Crippen molar-refractivity contribution in [2.75, 3.05) is 38.5 Å². The molecule has 5 heteroatoms. The predicted octanol–water partition coefficient (Wildman–Crippen LogP) is 0.470. The Balaban J connectivity index is 1.71. The van der Waals surface area contributed by atoms with Gasteiger partial charge in [0.05, 0.1) is 0 Å². The summed E-state index contributed by atoms with van der Waals surface area (Å²) in [5.74, 6) is 0.963. The molecule has 0 spiro atoms. The molecule has 1 aromatic rings. The fourth-order valence-corrected chi connectivity index (χ4v) is 1.89. The molecule has 0 saturated carbocycles. The number of nitrogens with one attached hydrogen (secondary N) is 1. The lowest BCUT2D eigenvalue weighted by Crippen LogP contribution is -2.32. The van der Waals surface area contributed by atoms with E-state index in [9.17, 15) is 4.79 Å². The first-order valence-corrected chi connectivity index (χ1v) is 6.21. The minimum absolute atomic E-state index is 0.136. The zero-order valence-corrected chi connectivity index (χ0v) is 10.4. The SMILES string of the molecule is Nc1ccc(OCCN2CCNC(=O)CC2)cc1. The summed E-state index contributed by atoms with van der Waals surface area (Å²) in [4.78, 5) is 13.4. The fourth-order valence-electron chi connectivity index (χ4n) is 1.89. The number of hydrogen-bond acceptors (Lipinski definition) is 4. The van der Waals surface area contributed by atoms with E-state index in [-0.39, 0.29) is 5.91 Å². The zero-order chi connectivity index (χ0) is 12.8. The highest BCUT2D eigenvalue weighted by atomic mass is 16.5. The Morgan fingerprint density at radius 3 is 2.83 bits per heavy atom. The monoisotopic (exact) mass is 249 g/mol. The third-order valence-electron chi connectivity index (χ3n) is 2.96. The van der Waals surface area contributed by atoms with Gasteiger partial charge in [-0.25, -0.2) is 0 Å². The molecule has 2 rings (SSSR count). The van der Waals surface area contributed by atoms with Gasteiger partial charge in [-0.2, -0.15) is 0 Å². The molecule has 98 valence electrons. The summed E-state index contributed by atoms with van der Waals surface area (Å²) in [6.07, 6.45) is 0.571. The maximum atomic E-state index is 11.2. The number of rotatable bonds is 4. The first-order chi connectivity index (χ1) is 8.74. The summed E-state index contributed by atoms with van der Waals surface area (Å²) >= 11 is 0. The van der Waals surface area contributed by atoms with Crippen LogP contribution in [0.25, 0.3) is 0 Å². The van der Waals surface area contributed by atoms with Gasteiger partial charge in [0.15, 0.2) is 0 Å². The van der Waals surface area contributed by atoms with Crippen molar-refractivity contribution in [3.05, 3.63) is 24.3 Å². The highest BCUT2D eigenvalue weighted by Gasteiger charge is 2.12. The number of carbonyl (C=O) groups is 1. The molecular formula is C13H19N3O2. The average Bonchev–Trinajstić information content (AvgIpc) is 2.57. The van der Waals surface area contributed by atoms with E-state index in [2.05, 4.69) is 10.2 Å². The van der Waals surface area contributed by atoms with Crippen LogP contribution in [0.3, 0.4) is 0 Å². The summed E-state index contributed by atoms with van der Waals surface area (Å²) in [5.41, 5.74) is 6.34. The number of nitrogens with zero attached hydrogens (tertiary/aromatic N) is 1. The van der Waals surface area contributed by atoms with Crippen molar-refractivity contribution < 1.29 is 9.53 Å². The van der Waals surface area contributed by atoms with E-state index in [1.54, 1.807) is 0 Å². The lowest BCUT2D eigenvalue weighted by Gasteiger charge is -2.18. The van der Waals surface area contributed by atoms with Crippen LogP contribution in [0.4, 0.5) is 5.69 Å². The van der Waals surface area contributed by atoms with E-state index in [1.807, 2.05) is 24.3 Å². The summed E-state index contributed by atoms with van der Waals surface area (Å²) in [5, 5.41) is 2.85. The first kappa shape index (κ1) is 12.7. The average molecular weight is 249 g/mol. The molecule has 1 fully saturated rings. The van der Waals surface area contributed by atoms with Crippen molar-refractivity contribution in [1.82, 2.24) is 10.2 Å². The van der Waals surface area contributed by atoms with E-state index >= 15 is 0 Å². The van der Waals surface area contributed by atoms with Crippen LogP contribution in [0.5, 0.6) is 5.75 Å². The van der Waals surface area contributed by atoms with Crippen LogP contribution in [-0.2, 0) is 4.79 Å². The lowest BCUT2D eigenvalue weighted by atomic mass is 10.3. The molecule has 1 aromatic carbocycles. The Morgan fingerprint density at radius 2 is 2.06 bits per heavy atom. The number of nitrogens with two attached hydrogens (primary N) is 1. The molecule has 0 atom stereocenters. The maximum Gasteiger partial charge on any atom is 0.221 e. The van der Waals surface area contributed by atoms with E-state index in [0.717, 1.165) is 37.6 Å². The van der Waals surface area contributed by atoms with Crippen molar-refractivity contribution in [3.8, 4) is 5.75 Å². The number of benzene rings is 1. The molecule has 0 bridgehead atoms. The van der Waals surface area contributed by atoms with Crippen LogP contribution >= 0.6 is 0 Å². The molecule has 1 amide bonds. The second-order valence-corrected chi connectivity index (χ2v) is 4.36. The number of ether oxygens (including phenoxy) is 1. The van der Waals surface area contributed by atoms with E-state index in [0.29, 0.717) is 13.0 Å². The van der Waals surface area contributed by atoms with E-state index < -0.39 is 0 Å². The van der Waals surface area contributed by atoms with Gasteiger partial charge < -0.3 is 15.8 Å². The third kappa shape index (κ3) is 3.92. The topological polar surface area (TPSA) is 67.6 Å². The molecular weight excluding hydrogens is 230 g/mol. The number of carbonyl (C=O) groups excluding carboxylic acids is 1. The molecule has 5 nitrogen and oxygen atoms in total.